The number of benzene rings is 1. The van der Waals surface area contributed by atoms with Crippen LogP contribution in [0.15, 0.2) is 24.3 Å². The number of carbonyl (C=O) groups is 3. The molecule has 0 fully saturated rings. The van der Waals surface area contributed by atoms with Crippen molar-refractivity contribution in [1.82, 2.24) is 5.32 Å². The zero-order valence-corrected chi connectivity index (χ0v) is 15.2. The minimum atomic E-state index is -5.08. The largest absolute Gasteiger partial charge is 0.508 e. The number of carbonyl (C=O) groups excluding carboxylic acids is 1. The summed E-state index contributed by atoms with van der Waals surface area (Å²) in [6.45, 7) is 3.63. The number of hydrogen-bond donors (Lipinski definition) is 5. The number of aliphatic carboxylic acids is 2. The van der Waals surface area contributed by atoms with Crippen molar-refractivity contribution in [2.24, 2.45) is 11.7 Å². The van der Waals surface area contributed by atoms with Crippen molar-refractivity contribution in [1.29, 1.82) is 0 Å². The molecule has 0 aliphatic carbocycles. The molecular formula is C17H23F3N2O6. The molecule has 0 bridgehead atoms. The number of alkyl halides is 3. The van der Waals surface area contributed by atoms with E-state index in [2.05, 4.69) is 5.32 Å². The highest BCUT2D eigenvalue weighted by molar-refractivity contribution is 5.87. The third-order valence-electron chi connectivity index (χ3n) is 3.75. The molecule has 0 aliphatic heterocycles. The van der Waals surface area contributed by atoms with E-state index in [1.165, 1.54) is 12.1 Å². The van der Waals surface area contributed by atoms with E-state index < -0.39 is 36.1 Å². The Hall–Kier alpha value is -2.82. The molecule has 6 N–H and O–H groups in total. The van der Waals surface area contributed by atoms with Gasteiger partial charge in [0.1, 0.15) is 11.8 Å². The summed E-state index contributed by atoms with van der Waals surface area (Å²) < 4.78 is 31.7. The maximum absolute atomic E-state index is 12.0. The van der Waals surface area contributed by atoms with Crippen LogP contribution in [0.1, 0.15) is 25.8 Å². The molecule has 0 saturated heterocycles. The second kappa shape index (κ2) is 11.1. The van der Waals surface area contributed by atoms with Crippen molar-refractivity contribution in [3.8, 4) is 5.75 Å². The van der Waals surface area contributed by atoms with Gasteiger partial charge in [0.15, 0.2) is 0 Å². The molecule has 158 valence electrons. The van der Waals surface area contributed by atoms with E-state index in [1.807, 2.05) is 6.92 Å². The molecule has 1 aromatic carbocycles. The normalized spacial score (nSPS) is 14.1. The standard InChI is InChI=1S/C15H22N2O4.C2HF3O2/c1-3-9(2)13(15(20)21)17-14(19)12(16)8-10-4-6-11(18)7-5-10;3-2(4,5)1(6)7/h4-7,9,12-13,18H,3,8,16H2,1-2H3,(H,17,19)(H,20,21);(H,6,7)/t9-,12-,13-;/m0./s1. The SMILES string of the molecule is CC[C@H](C)[C@H](NC(=O)[C@@H](N)Cc1ccc(O)cc1)C(=O)O.O=C(O)C(F)(F)F. The topological polar surface area (TPSA) is 150 Å². The summed E-state index contributed by atoms with van der Waals surface area (Å²) in [4.78, 5) is 32.1. The molecule has 0 saturated carbocycles. The highest BCUT2D eigenvalue weighted by Crippen LogP contribution is 2.13. The van der Waals surface area contributed by atoms with Crippen molar-refractivity contribution in [3.05, 3.63) is 29.8 Å². The van der Waals surface area contributed by atoms with Gasteiger partial charge in [0.25, 0.3) is 0 Å². The van der Waals surface area contributed by atoms with E-state index in [1.54, 1.807) is 19.1 Å². The van der Waals surface area contributed by atoms with Gasteiger partial charge in [0.05, 0.1) is 6.04 Å². The first-order valence-electron chi connectivity index (χ1n) is 8.16. The molecule has 8 nitrogen and oxygen atoms in total. The first kappa shape index (κ1) is 25.2. The van der Waals surface area contributed by atoms with Crippen LogP contribution in [0.4, 0.5) is 13.2 Å². The Balaban J connectivity index is 0.000000887. The van der Waals surface area contributed by atoms with Gasteiger partial charge in [-0.15, -0.1) is 0 Å². The lowest BCUT2D eigenvalue weighted by Gasteiger charge is -2.22. The Morgan fingerprint density at radius 2 is 1.61 bits per heavy atom. The van der Waals surface area contributed by atoms with Crippen LogP contribution in [0, 0.1) is 5.92 Å². The van der Waals surface area contributed by atoms with E-state index in [0.717, 1.165) is 5.56 Å². The van der Waals surface area contributed by atoms with Gasteiger partial charge < -0.3 is 26.4 Å². The molecule has 0 spiro atoms. The van der Waals surface area contributed by atoms with Gasteiger partial charge in [-0.3, -0.25) is 4.79 Å². The third-order valence-corrected chi connectivity index (χ3v) is 3.75. The van der Waals surface area contributed by atoms with Gasteiger partial charge >= 0.3 is 18.1 Å². The highest BCUT2D eigenvalue weighted by atomic mass is 19.4. The molecule has 0 radical (unpaired) electrons. The summed E-state index contributed by atoms with van der Waals surface area (Å²) in [5.74, 6) is -4.34. The maximum Gasteiger partial charge on any atom is 0.490 e. The van der Waals surface area contributed by atoms with Crippen LogP contribution < -0.4 is 11.1 Å². The van der Waals surface area contributed by atoms with E-state index in [9.17, 15) is 27.9 Å². The van der Waals surface area contributed by atoms with Crippen LogP contribution in [0.2, 0.25) is 0 Å². The zero-order chi connectivity index (χ0) is 22.1. The quantitative estimate of drug-likeness (QED) is 0.459. The summed E-state index contributed by atoms with van der Waals surface area (Å²) in [6.07, 6.45) is -4.16. The van der Waals surface area contributed by atoms with Crippen molar-refractivity contribution in [3.63, 3.8) is 0 Å². The predicted molar refractivity (Wildman–Crippen MR) is 92.5 cm³/mol. The first-order valence-corrected chi connectivity index (χ1v) is 8.16. The molecule has 0 heterocycles. The monoisotopic (exact) mass is 408 g/mol. The van der Waals surface area contributed by atoms with Crippen LogP contribution in [0.3, 0.4) is 0 Å². The fourth-order valence-electron chi connectivity index (χ4n) is 1.92. The lowest BCUT2D eigenvalue weighted by atomic mass is 9.98. The fourth-order valence-corrected chi connectivity index (χ4v) is 1.92. The molecular weight excluding hydrogens is 385 g/mol. The zero-order valence-electron chi connectivity index (χ0n) is 15.2. The lowest BCUT2D eigenvalue weighted by Crippen LogP contribution is -2.51. The van der Waals surface area contributed by atoms with Crippen LogP contribution in [0.5, 0.6) is 5.75 Å². The molecule has 0 aromatic heterocycles. The maximum atomic E-state index is 12.0. The highest BCUT2D eigenvalue weighted by Gasteiger charge is 2.38. The van der Waals surface area contributed by atoms with Crippen molar-refractivity contribution in [2.45, 2.75) is 44.9 Å². The van der Waals surface area contributed by atoms with E-state index in [0.29, 0.717) is 6.42 Å². The van der Waals surface area contributed by atoms with Gasteiger partial charge in [-0.2, -0.15) is 13.2 Å². The first-order chi connectivity index (χ1) is 12.8. The molecule has 1 rings (SSSR count). The van der Waals surface area contributed by atoms with Crippen LogP contribution in [-0.4, -0.2) is 51.4 Å². The van der Waals surface area contributed by atoms with E-state index >= 15 is 0 Å². The molecule has 0 unspecified atom stereocenters. The molecule has 3 atom stereocenters. The van der Waals surface area contributed by atoms with E-state index in [-0.39, 0.29) is 18.1 Å². The van der Waals surface area contributed by atoms with Gasteiger partial charge in [-0.1, -0.05) is 32.4 Å². The number of phenolic OH excluding ortho intramolecular Hbond substituents is 1. The van der Waals surface area contributed by atoms with Crippen molar-refractivity contribution >= 4 is 17.8 Å². The van der Waals surface area contributed by atoms with Crippen LogP contribution in [0.25, 0.3) is 0 Å². The second-order valence-electron chi connectivity index (χ2n) is 5.99. The average molecular weight is 408 g/mol. The smallest absolute Gasteiger partial charge is 0.490 e. The third kappa shape index (κ3) is 9.21. The van der Waals surface area contributed by atoms with E-state index in [4.69, 9.17) is 20.7 Å². The molecule has 1 aromatic rings. The van der Waals surface area contributed by atoms with Crippen molar-refractivity contribution < 1.29 is 42.9 Å². The predicted octanol–water partition coefficient (Wildman–Crippen LogP) is 1.51. The van der Waals surface area contributed by atoms with Crippen LogP contribution >= 0.6 is 0 Å². The summed E-state index contributed by atoms with van der Waals surface area (Å²) in [6, 6.07) is 4.60. The Morgan fingerprint density at radius 3 is 1.96 bits per heavy atom. The summed E-state index contributed by atoms with van der Waals surface area (Å²) in [7, 11) is 0. The number of phenols is 1. The van der Waals surface area contributed by atoms with Gasteiger partial charge in [-0.25, -0.2) is 9.59 Å². The molecule has 28 heavy (non-hydrogen) atoms. The fraction of sp³-hybridized carbons (Fsp3) is 0.471. The number of nitrogens with two attached hydrogens (primary N) is 1. The number of amides is 1. The van der Waals surface area contributed by atoms with Crippen LogP contribution in [-0.2, 0) is 20.8 Å². The number of halogens is 3. The number of carboxylic acids is 2. The molecule has 1 amide bonds. The Kier molecular flexibility index (Phi) is 10.0. The summed E-state index contributed by atoms with van der Waals surface area (Å²) in [5, 5.41) is 27.9. The van der Waals surface area contributed by atoms with Crippen molar-refractivity contribution in [2.75, 3.05) is 0 Å². The summed E-state index contributed by atoms with van der Waals surface area (Å²) in [5.41, 5.74) is 6.61. The number of aromatic hydroxyl groups is 1. The average Bonchev–Trinajstić information content (AvgIpc) is 2.60. The number of rotatable bonds is 7. The number of nitrogens with one attached hydrogen (secondary N) is 1. The lowest BCUT2D eigenvalue weighted by molar-refractivity contribution is -0.192. The Labute approximate surface area is 159 Å². The minimum Gasteiger partial charge on any atom is -0.508 e. The Morgan fingerprint density at radius 1 is 1.14 bits per heavy atom. The van der Waals surface area contributed by atoms with Gasteiger partial charge in [-0.05, 0) is 30.0 Å². The molecule has 11 heteroatoms. The second-order valence-corrected chi connectivity index (χ2v) is 5.99. The number of carboxylic acid groups (broad SMARTS) is 2. The summed E-state index contributed by atoms with van der Waals surface area (Å²) >= 11 is 0. The van der Waals surface area contributed by atoms with Gasteiger partial charge in [0, 0.05) is 0 Å². The minimum absolute atomic E-state index is 0.138. The Bertz CT molecular complexity index is 664. The molecule has 0 aliphatic rings. The van der Waals surface area contributed by atoms with Gasteiger partial charge in [0.2, 0.25) is 5.91 Å². The number of hydrogen-bond acceptors (Lipinski definition) is 5.